The van der Waals surface area contributed by atoms with Crippen LogP contribution in [0.1, 0.15) is 45.1 Å². The van der Waals surface area contributed by atoms with Crippen molar-refractivity contribution in [3.63, 3.8) is 0 Å². The maximum Gasteiger partial charge on any atom is 0.408 e. The minimum Gasteiger partial charge on any atom is -0.445 e. The molecule has 13 nitrogen and oxygen atoms in total. The monoisotopic (exact) mass is 547 g/mol. The van der Waals surface area contributed by atoms with Crippen molar-refractivity contribution in [1.29, 1.82) is 0 Å². The predicted octanol–water partition coefficient (Wildman–Crippen LogP) is -1.00. The standard InChI is InChI=1S/C26H37N5O8/c1-15(32)20(22(27)34)28-23(35)18-10-6-12-30(18)24(36)19-11-7-13-31(19)25(37)21(16(2)33)29-26(38)39-14-17-8-4-3-5-9-17/h3-5,8-9,15-16,18-21,32-33H,6-7,10-14H2,1-2H3,(H2,27,34)(H,28,35)(H,29,38)/t15-,16-,18-,19-,20+,21+/m1/s1. The van der Waals surface area contributed by atoms with Gasteiger partial charge in [-0.3, -0.25) is 19.2 Å². The van der Waals surface area contributed by atoms with Gasteiger partial charge < -0.3 is 41.1 Å². The van der Waals surface area contributed by atoms with Gasteiger partial charge in [0.25, 0.3) is 0 Å². The van der Waals surface area contributed by atoms with Gasteiger partial charge in [-0.2, -0.15) is 0 Å². The van der Waals surface area contributed by atoms with Gasteiger partial charge in [0.15, 0.2) is 0 Å². The van der Waals surface area contributed by atoms with Crippen LogP contribution >= 0.6 is 0 Å². The quantitative estimate of drug-likeness (QED) is 0.246. The molecule has 0 bridgehead atoms. The van der Waals surface area contributed by atoms with Gasteiger partial charge >= 0.3 is 6.09 Å². The summed E-state index contributed by atoms with van der Waals surface area (Å²) in [5.41, 5.74) is 6.02. The lowest BCUT2D eigenvalue weighted by atomic mass is 10.1. The van der Waals surface area contributed by atoms with Gasteiger partial charge in [0.05, 0.1) is 12.2 Å². The number of nitrogens with one attached hydrogen (secondary N) is 2. The number of likely N-dealkylation sites (tertiary alicyclic amines) is 2. The fraction of sp³-hybridized carbons (Fsp3) is 0.577. The van der Waals surface area contributed by atoms with Gasteiger partial charge in [-0.05, 0) is 45.1 Å². The number of nitrogens with two attached hydrogens (primary N) is 1. The van der Waals surface area contributed by atoms with Crippen molar-refractivity contribution >= 4 is 29.7 Å². The number of rotatable bonds is 10. The Kier molecular flexibility index (Phi) is 10.2. The average Bonchev–Trinajstić information content (AvgIpc) is 3.59. The van der Waals surface area contributed by atoms with Crippen molar-refractivity contribution in [2.75, 3.05) is 13.1 Å². The van der Waals surface area contributed by atoms with Crippen LogP contribution in [0.3, 0.4) is 0 Å². The number of ether oxygens (including phenoxy) is 1. The van der Waals surface area contributed by atoms with E-state index in [2.05, 4.69) is 10.6 Å². The molecule has 0 aromatic heterocycles. The Morgan fingerprint density at radius 3 is 2.10 bits per heavy atom. The van der Waals surface area contributed by atoms with E-state index in [-0.39, 0.29) is 19.7 Å². The highest BCUT2D eigenvalue weighted by Gasteiger charge is 2.44. The second-order valence-corrected chi connectivity index (χ2v) is 9.93. The number of primary amides is 1. The molecule has 3 rings (SSSR count). The highest BCUT2D eigenvalue weighted by Crippen LogP contribution is 2.26. The number of amides is 5. The largest absolute Gasteiger partial charge is 0.445 e. The zero-order valence-electron chi connectivity index (χ0n) is 22.1. The van der Waals surface area contributed by atoms with Gasteiger partial charge in [-0.15, -0.1) is 0 Å². The van der Waals surface area contributed by atoms with E-state index in [1.165, 1.54) is 23.6 Å². The van der Waals surface area contributed by atoms with Gasteiger partial charge in [0, 0.05) is 13.1 Å². The summed E-state index contributed by atoms with van der Waals surface area (Å²) in [4.78, 5) is 66.5. The first-order chi connectivity index (χ1) is 18.5. The van der Waals surface area contributed by atoms with Crippen LogP contribution in [-0.2, 0) is 30.5 Å². The van der Waals surface area contributed by atoms with Crippen LogP contribution in [-0.4, -0.2) is 99.2 Å². The molecule has 214 valence electrons. The molecule has 0 spiro atoms. The number of nitrogens with zero attached hydrogens (tertiary/aromatic N) is 2. The fourth-order valence-corrected chi connectivity index (χ4v) is 4.92. The maximum absolute atomic E-state index is 13.5. The van der Waals surface area contributed by atoms with Gasteiger partial charge in [-0.1, -0.05) is 30.3 Å². The van der Waals surface area contributed by atoms with E-state index in [4.69, 9.17) is 10.5 Å². The topological polar surface area (TPSA) is 192 Å². The average molecular weight is 548 g/mol. The van der Waals surface area contributed by atoms with E-state index in [0.717, 1.165) is 5.56 Å². The molecule has 2 saturated heterocycles. The summed E-state index contributed by atoms with van der Waals surface area (Å²) >= 11 is 0. The molecule has 0 saturated carbocycles. The molecule has 5 amide bonds. The number of benzene rings is 1. The first-order valence-electron chi connectivity index (χ1n) is 13.0. The molecule has 2 aliphatic rings. The molecule has 6 atom stereocenters. The number of aliphatic hydroxyl groups excluding tert-OH is 2. The van der Waals surface area contributed by atoms with Crippen molar-refractivity contribution in [3.05, 3.63) is 35.9 Å². The summed E-state index contributed by atoms with van der Waals surface area (Å²) in [6.07, 6.45) is -1.64. The van der Waals surface area contributed by atoms with Crippen LogP contribution in [0.4, 0.5) is 4.79 Å². The van der Waals surface area contributed by atoms with Crippen LogP contribution in [0, 0.1) is 0 Å². The molecule has 1 aromatic rings. The minimum atomic E-state index is -1.35. The summed E-state index contributed by atoms with van der Waals surface area (Å²) in [6, 6.07) is 4.52. The number of hydrogen-bond acceptors (Lipinski definition) is 8. The smallest absolute Gasteiger partial charge is 0.408 e. The third kappa shape index (κ3) is 7.45. The molecule has 1 aromatic carbocycles. The molecular weight excluding hydrogens is 510 g/mol. The van der Waals surface area contributed by atoms with Crippen LogP contribution in [0.2, 0.25) is 0 Å². The second kappa shape index (κ2) is 13.4. The molecule has 39 heavy (non-hydrogen) atoms. The summed E-state index contributed by atoms with van der Waals surface area (Å²) in [7, 11) is 0. The number of carbonyl (C=O) groups excluding carboxylic acids is 5. The normalized spacial score (nSPS) is 21.9. The van der Waals surface area contributed by atoms with Crippen molar-refractivity contribution in [2.45, 2.75) is 82.5 Å². The highest BCUT2D eigenvalue weighted by molar-refractivity contribution is 5.96. The Hall–Kier alpha value is -3.71. The molecule has 6 N–H and O–H groups in total. The minimum absolute atomic E-state index is 0.0255. The van der Waals surface area contributed by atoms with Crippen LogP contribution in [0.25, 0.3) is 0 Å². The molecule has 0 unspecified atom stereocenters. The lowest BCUT2D eigenvalue weighted by molar-refractivity contribution is -0.148. The molecule has 13 heteroatoms. The van der Waals surface area contributed by atoms with Crippen molar-refractivity contribution in [1.82, 2.24) is 20.4 Å². The number of carbonyl (C=O) groups is 5. The molecular formula is C26H37N5O8. The van der Waals surface area contributed by atoms with E-state index in [9.17, 15) is 34.2 Å². The first kappa shape index (κ1) is 29.8. The number of hydrogen-bond donors (Lipinski definition) is 5. The molecule has 2 fully saturated rings. The van der Waals surface area contributed by atoms with Crippen molar-refractivity contribution in [3.8, 4) is 0 Å². The van der Waals surface area contributed by atoms with Crippen LogP contribution < -0.4 is 16.4 Å². The van der Waals surface area contributed by atoms with E-state index < -0.39 is 66.1 Å². The zero-order chi connectivity index (χ0) is 28.7. The summed E-state index contributed by atoms with van der Waals surface area (Å²) in [5.74, 6) is -2.60. The van der Waals surface area contributed by atoms with E-state index >= 15 is 0 Å². The summed E-state index contributed by atoms with van der Waals surface area (Å²) in [6.45, 7) is 3.15. The zero-order valence-corrected chi connectivity index (χ0v) is 22.1. The van der Waals surface area contributed by atoms with Gasteiger partial charge in [0.1, 0.15) is 30.8 Å². The molecule has 0 radical (unpaired) electrons. The lowest BCUT2D eigenvalue weighted by Crippen LogP contribution is -2.59. The second-order valence-electron chi connectivity index (χ2n) is 9.93. The molecule has 2 aliphatic heterocycles. The Labute approximate surface area is 226 Å². The molecule has 2 heterocycles. The molecule has 0 aliphatic carbocycles. The third-order valence-corrected chi connectivity index (χ3v) is 6.98. The lowest BCUT2D eigenvalue weighted by Gasteiger charge is -2.33. The third-order valence-electron chi connectivity index (χ3n) is 6.98. The number of alkyl carbamates (subject to hydrolysis) is 1. The summed E-state index contributed by atoms with van der Waals surface area (Å²) in [5, 5.41) is 24.9. The highest BCUT2D eigenvalue weighted by atomic mass is 16.5. The first-order valence-corrected chi connectivity index (χ1v) is 13.0. The van der Waals surface area contributed by atoms with Gasteiger partial charge in [0.2, 0.25) is 23.6 Å². The Bertz CT molecular complexity index is 1050. The van der Waals surface area contributed by atoms with E-state index in [1.807, 2.05) is 6.07 Å². The Morgan fingerprint density at radius 1 is 0.923 bits per heavy atom. The van der Waals surface area contributed by atoms with Crippen molar-refractivity contribution < 1.29 is 38.9 Å². The van der Waals surface area contributed by atoms with E-state index in [1.54, 1.807) is 24.3 Å². The summed E-state index contributed by atoms with van der Waals surface area (Å²) < 4.78 is 5.18. The van der Waals surface area contributed by atoms with Crippen LogP contribution in [0.15, 0.2) is 30.3 Å². The Morgan fingerprint density at radius 2 is 1.51 bits per heavy atom. The SMILES string of the molecule is C[C@@H](O)[C@H](NC(=O)[C@H]1CCCN1C(=O)[C@H]1CCCN1C(=O)[C@@H](NC(=O)OCc1ccccc1)[C@@H](C)O)C(N)=O. The predicted molar refractivity (Wildman–Crippen MR) is 138 cm³/mol. The Balaban J connectivity index is 1.66. The van der Waals surface area contributed by atoms with Crippen molar-refractivity contribution in [2.24, 2.45) is 5.73 Å². The van der Waals surface area contributed by atoms with Gasteiger partial charge in [-0.25, -0.2) is 4.79 Å². The van der Waals surface area contributed by atoms with E-state index in [0.29, 0.717) is 25.7 Å². The fourth-order valence-electron chi connectivity index (χ4n) is 4.92. The van der Waals surface area contributed by atoms with Crippen LogP contribution in [0.5, 0.6) is 0 Å². The number of aliphatic hydroxyl groups is 2. The maximum atomic E-state index is 13.5.